The quantitative estimate of drug-likeness (QED) is 0.801. The molecule has 126 valence electrons. The van der Waals surface area contributed by atoms with Gasteiger partial charge in [-0.3, -0.25) is 14.5 Å². The van der Waals surface area contributed by atoms with E-state index in [0.29, 0.717) is 26.3 Å². The summed E-state index contributed by atoms with van der Waals surface area (Å²) in [6.07, 6.45) is 0. The number of aliphatic carboxylic acids is 1. The topological polar surface area (TPSA) is 79.3 Å². The summed E-state index contributed by atoms with van der Waals surface area (Å²) in [6.45, 7) is 9.89. The molecule has 2 saturated heterocycles. The van der Waals surface area contributed by atoms with Crippen molar-refractivity contribution in [1.82, 2.24) is 9.80 Å². The molecule has 0 aromatic carbocycles. The number of ether oxygens (including phenoxy) is 2. The smallest absolute Gasteiger partial charge is 0.323 e. The van der Waals surface area contributed by atoms with Gasteiger partial charge < -0.3 is 19.5 Å². The van der Waals surface area contributed by atoms with Crippen LogP contribution in [0, 0.1) is 0 Å². The van der Waals surface area contributed by atoms with Gasteiger partial charge in [-0.15, -0.1) is 0 Å². The first-order valence-corrected chi connectivity index (χ1v) is 7.61. The normalized spacial score (nSPS) is 28.4. The Hall–Kier alpha value is -1.18. The first-order chi connectivity index (χ1) is 10.1. The van der Waals surface area contributed by atoms with Crippen LogP contribution in [0.2, 0.25) is 0 Å². The second kappa shape index (κ2) is 6.14. The molecular weight excluding hydrogens is 288 g/mol. The van der Waals surface area contributed by atoms with Crippen LogP contribution >= 0.6 is 0 Å². The van der Waals surface area contributed by atoms with E-state index in [-0.39, 0.29) is 24.6 Å². The van der Waals surface area contributed by atoms with Crippen LogP contribution in [0.1, 0.15) is 27.7 Å². The third-order valence-corrected chi connectivity index (χ3v) is 4.23. The van der Waals surface area contributed by atoms with Crippen LogP contribution in [-0.4, -0.2) is 83.4 Å². The highest BCUT2D eigenvalue weighted by Crippen LogP contribution is 2.23. The van der Waals surface area contributed by atoms with Crippen molar-refractivity contribution in [3.8, 4) is 0 Å². The molecule has 22 heavy (non-hydrogen) atoms. The zero-order valence-electron chi connectivity index (χ0n) is 13.8. The van der Waals surface area contributed by atoms with E-state index in [1.54, 1.807) is 9.80 Å². The van der Waals surface area contributed by atoms with Crippen LogP contribution < -0.4 is 0 Å². The molecule has 0 aromatic heterocycles. The number of hydrogen-bond acceptors (Lipinski definition) is 5. The Balaban J connectivity index is 2.08. The van der Waals surface area contributed by atoms with Gasteiger partial charge in [0.25, 0.3) is 0 Å². The molecule has 1 unspecified atom stereocenters. The van der Waals surface area contributed by atoms with Crippen molar-refractivity contribution >= 4 is 11.9 Å². The number of carboxylic acid groups (broad SMARTS) is 1. The number of nitrogens with zero attached hydrogens (tertiary/aromatic N) is 2. The van der Waals surface area contributed by atoms with E-state index < -0.39 is 17.6 Å². The maximum atomic E-state index is 12.7. The lowest BCUT2D eigenvalue weighted by molar-refractivity contribution is -0.167. The number of carbonyl (C=O) groups excluding carboxylic acids is 1. The average Bonchev–Trinajstić information content (AvgIpc) is 2.36. The molecule has 2 heterocycles. The maximum absolute atomic E-state index is 12.7. The zero-order valence-corrected chi connectivity index (χ0v) is 13.8. The van der Waals surface area contributed by atoms with Crippen LogP contribution in [0.5, 0.6) is 0 Å². The molecule has 0 aliphatic carbocycles. The summed E-state index contributed by atoms with van der Waals surface area (Å²) < 4.78 is 11.0. The SMILES string of the molecule is CC1(C)CN(CC(=O)N2CCOCC2(C)C)C(C(=O)O)CO1. The highest BCUT2D eigenvalue weighted by Gasteiger charge is 2.41. The van der Waals surface area contributed by atoms with E-state index in [0.717, 1.165) is 0 Å². The molecule has 2 aliphatic rings. The van der Waals surface area contributed by atoms with Crippen molar-refractivity contribution in [3.63, 3.8) is 0 Å². The summed E-state index contributed by atoms with van der Waals surface area (Å²) in [7, 11) is 0. The molecule has 1 amide bonds. The number of carbonyl (C=O) groups is 2. The molecule has 7 heteroatoms. The van der Waals surface area contributed by atoms with Gasteiger partial charge in [-0.25, -0.2) is 0 Å². The van der Waals surface area contributed by atoms with E-state index in [4.69, 9.17) is 9.47 Å². The molecule has 1 atom stereocenters. The van der Waals surface area contributed by atoms with Gasteiger partial charge >= 0.3 is 5.97 Å². The molecule has 0 spiro atoms. The van der Waals surface area contributed by atoms with E-state index in [1.165, 1.54) is 0 Å². The molecular formula is C15H26N2O5. The standard InChI is InChI=1S/C15H26N2O5/c1-14(2)10-21-6-5-17(14)12(18)7-16-9-15(3,4)22-8-11(16)13(19)20/h11H,5-10H2,1-4H3,(H,19,20). The van der Waals surface area contributed by atoms with Crippen molar-refractivity contribution in [1.29, 1.82) is 0 Å². The van der Waals surface area contributed by atoms with E-state index in [2.05, 4.69) is 0 Å². The number of rotatable bonds is 3. The minimum Gasteiger partial charge on any atom is -0.480 e. The van der Waals surface area contributed by atoms with Crippen LogP contribution in [0.25, 0.3) is 0 Å². The van der Waals surface area contributed by atoms with Gasteiger partial charge in [-0.05, 0) is 27.7 Å². The highest BCUT2D eigenvalue weighted by atomic mass is 16.5. The molecule has 0 bridgehead atoms. The summed E-state index contributed by atoms with van der Waals surface area (Å²) in [6, 6.07) is -0.777. The predicted octanol–water partition coefficient (Wildman–Crippen LogP) is 0.188. The Morgan fingerprint density at radius 2 is 1.95 bits per heavy atom. The van der Waals surface area contributed by atoms with Crippen molar-refractivity contribution < 1.29 is 24.2 Å². The van der Waals surface area contributed by atoms with Gasteiger partial charge in [0.05, 0.1) is 37.5 Å². The van der Waals surface area contributed by atoms with Crippen LogP contribution in [0.4, 0.5) is 0 Å². The Morgan fingerprint density at radius 3 is 2.55 bits per heavy atom. The van der Waals surface area contributed by atoms with Crippen molar-refractivity contribution in [2.75, 3.05) is 39.5 Å². The minimum atomic E-state index is -0.954. The lowest BCUT2D eigenvalue weighted by atomic mass is 10.0. The lowest BCUT2D eigenvalue weighted by Crippen LogP contribution is -2.62. The van der Waals surface area contributed by atoms with E-state index >= 15 is 0 Å². The minimum absolute atomic E-state index is 0.0581. The molecule has 1 N–H and O–H groups in total. The van der Waals surface area contributed by atoms with Crippen molar-refractivity contribution in [2.45, 2.75) is 44.9 Å². The summed E-state index contributed by atoms with van der Waals surface area (Å²) in [4.78, 5) is 27.5. The fraction of sp³-hybridized carbons (Fsp3) is 0.867. The fourth-order valence-corrected chi connectivity index (χ4v) is 3.03. The van der Waals surface area contributed by atoms with Gasteiger partial charge in [-0.2, -0.15) is 0 Å². The molecule has 2 rings (SSSR count). The third-order valence-electron chi connectivity index (χ3n) is 4.23. The van der Waals surface area contributed by atoms with Crippen LogP contribution in [-0.2, 0) is 19.1 Å². The average molecular weight is 314 g/mol. The van der Waals surface area contributed by atoms with Gasteiger partial charge in [0.1, 0.15) is 6.04 Å². The van der Waals surface area contributed by atoms with E-state index in [9.17, 15) is 14.7 Å². The Kier molecular flexibility index (Phi) is 4.79. The van der Waals surface area contributed by atoms with Crippen LogP contribution in [0.15, 0.2) is 0 Å². The predicted molar refractivity (Wildman–Crippen MR) is 79.6 cm³/mol. The first-order valence-electron chi connectivity index (χ1n) is 7.61. The number of morpholine rings is 2. The van der Waals surface area contributed by atoms with Gasteiger partial charge in [0, 0.05) is 13.1 Å². The summed E-state index contributed by atoms with van der Waals surface area (Å²) >= 11 is 0. The largest absolute Gasteiger partial charge is 0.480 e. The number of carboxylic acids is 1. The highest BCUT2D eigenvalue weighted by molar-refractivity contribution is 5.81. The van der Waals surface area contributed by atoms with Crippen molar-refractivity contribution in [3.05, 3.63) is 0 Å². The molecule has 0 saturated carbocycles. The van der Waals surface area contributed by atoms with Gasteiger partial charge in [-0.1, -0.05) is 0 Å². The second-order valence-electron chi connectivity index (χ2n) is 7.24. The monoisotopic (exact) mass is 314 g/mol. The molecule has 2 aliphatic heterocycles. The molecule has 0 radical (unpaired) electrons. The lowest BCUT2D eigenvalue weighted by Gasteiger charge is -2.45. The number of amides is 1. The Morgan fingerprint density at radius 1 is 1.27 bits per heavy atom. The first kappa shape index (κ1) is 17.2. The van der Waals surface area contributed by atoms with Gasteiger partial charge in [0.2, 0.25) is 5.91 Å². The number of hydrogen-bond donors (Lipinski definition) is 1. The van der Waals surface area contributed by atoms with E-state index in [1.807, 2.05) is 27.7 Å². The Bertz CT molecular complexity index is 449. The molecule has 0 aromatic rings. The maximum Gasteiger partial charge on any atom is 0.323 e. The fourth-order valence-electron chi connectivity index (χ4n) is 3.03. The Labute approximate surface area is 131 Å². The second-order valence-corrected chi connectivity index (χ2v) is 7.24. The summed E-state index contributed by atoms with van der Waals surface area (Å²) in [5, 5.41) is 9.34. The molecule has 7 nitrogen and oxygen atoms in total. The van der Waals surface area contributed by atoms with Crippen LogP contribution in [0.3, 0.4) is 0 Å². The summed E-state index contributed by atoms with van der Waals surface area (Å²) in [5.41, 5.74) is -0.817. The van der Waals surface area contributed by atoms with Crippen molar-refractivity contribution in [2.24, 2.45) is 0 Å². The zero-order chi connectivity index (χ0) is 16.5. The summed E-state index contributed by atoms with van der Waals surface area (Å²) in [5.74, 6) is -1.01. The third kappa shape index (κ3) is 3.77. The molecule has 2 fully saturated rings. The van der Waals surface area contributed by atoms with Gasteiger partial charge in [0.15, 0.2) is 0 Å².